The molecule has 1 aliphatic rings. The number of guanidine groups is 3. The lowest BCUT2D eigenvalue weighted by Crippen LogP contribution is -2.59. The maximum Gasteiger partial charge on any atom is 0.325 e. The Bertz CT molecular complexity index is 2520. The quantitative estimate of drug-likeness (QED) is 0.0173. The van der Waals surface area contributed by atoms with E-state index in [4.69, 9.17) is 40.1 Å². The fraction of sp³-hybridized carbons (Fsp3) is 0.600. The van der Waals surface area contributed by atoms with Crippen LogP contribution >= 0.6 is 0 Å². The topological polar surface area (TPSA) is 559 Å². The highest BCUT2D eigenvalue weighted by molar-refractivity contribution is 5.99. The Labute approximate surface area is 480 Å². The standard InChI is InChI=1S/C50H84N20O13/c1-24(61-38(73)25(2)64-43(78)33(11-7-19-58-48(52)53)67-39(74)27(4)63-42(77)32(51)23-30-15-17-31(71)18-16-30)37(72)62-26(3)41(76)69-35(13-9-21-60-50(56)57)46(81)70-22-10-14-36(70)45(80)65-28(5)40(75)68-34(12-8-20-59-49(54)55)44(79)66-29(6)47(82)83/h15-18,24-29,32-36,71H,7-14,19-23,51H2,1-6H3,(H,61,73)(H,62,72)(H,63,77)(H,64,78)(H,65,80)(H,66,79)(H,67,74)(H,68,75)(H,69,76)(H,82,83)(H4,52,53,58)(H4,54,55,59)(H4,56,57,60)/t24-,25-,26-,27-,28-,29-,32-,33-,34-,35-,36-/m0/s1. The number of nitrogens with zero attached hydrogens (tertiary/aromatic N) is 4. The Morgan fingerprint density at radius 3 is 1.27 bits per heavy atom. The van der Waals surface area contributed by atoms with E-state index in [1.165, 1.54) is 58.6 Å². The zero-order valence-electron chi connectivity index (χ0n) is 47.6. The number of phenols is 1. The van der Waals surface area contributed by atoms with Gasteiger partial charge in [-0.1, -0.05) is 12.1 Å². The summed E-state index contributed by atoms with van der Waals surface area (Å²) in [4.78, 5) is 159. The number of rotatable bonds is 34. The third-order valence-corrected chi connectivity index (χ3v) is 12.8. The van der Waals surface area contributed by atoms with Gasteiger partial charge in [0.2, 0.25) is 59.1 Å². The van der Waals surface area contributed by atoms with Gasteiger partial charge in [0.25, 0.3) is 0 Å². The summed E-state index contributed by atoms with van der Waals surface area (Å²) in [5.41, 5.74) is 39.3. The van der Waals surface area contributed by atoms with Crippen LogP contribution in [-0.2, 0) is 59.2 Å². The zero-order valence-corrected chi connectivity index (χ0v) is 47.6. The molecule has 0 aliphatic carbocycles. The number of likely N-dealkylation sites (tertiary alicyclic amines) is 1. The van der Waals surface area contributed by atoms with Gasteiger partial charge >= 0.3 is 5.97 Å². The van der Waals surface area contributed by atoms with Gasteiger partial charge in [-0.2, -0.15) is 0 Å². The largest absolute Gasteiger partial charge is 0.508 e. The molecule has 0 aromatic heterocycles. The summed E-state index contributed by atoms with van der Waals surface area (Å²) < 4.78 is 0. The van der Waals surface area contributed by atoms with Crippen molar-refractivity contribution >= 4 is 82.9 Å². The number of nitrogens with two attached hydrogens (primary N) is 7. The number of amides is 10. The van der Waals surface area contributed by atoms with E-state index in [0.29, 0.717) is 12.0 Å². The number of hydrogen-bond donors (Lipinski definition) is 18. The van der Waals surface area contributed by atoms with Crippen molar-refractivity contribution < 1.29 is 63.0 Å². The molecule has 0 radical (unpaired) electrons. The van der Waals surface area contributed by atoms with E-state index in [1.54, 1.807) is 12.1 Å². The van der Waals surface area contributed by atoms with Gasteiger partial charge in [0.1, 0.15) is 66.2 Å². The van der Waals surface area contributed by atoms with Crippen LogP contribution < -0.4 is 88.0 Å². The molecular formula is C50H84N20O13. The molecule has 10 amide bonds. The summed E-state index contributed by atoms with van der Waals surface area (Å²) in [6.45, 7) is 8.18. The first-order chi connectivity index (χ1) is 38.9. The maximum atomic E-state index is 14.2. The molecule has 1 fully saturated rings. The predicted octanol–water partition coefficient (Wildman–Crippen LogP) is -7.02. The monoisotopic (exact) mass is 1170 g/mol. The van der Waals surface area contributed by atoms with Crippen molar-refractivity contribution in [3.63, 3.8) is 0 Å². The molecule has 1 aliphatic heterocycles. The van der Waals surface area contributed by atoms with Gasteiger partial charge in [-0.3, -0.25) is 67.7 Å². The Morgan fingerprint density at radius 2 is 0.855 bits per heavy atom. The third kappa shape index (κ3) is 25.5. The van der Waals surface area contributed by atoms with Gasteiger partial charge in [0.05, 0.1) is 6.04 Å². The SMILES string of the molecule is C[C@H](NC(=O)[C@H](CCCN=C(N)N)NC(=O)[C@H](C)NC(=O)[C@@H]1CCCN1C(=O)[C@H](CCCN=C(N)N)NC(=O)[C@H](C)NC(=O)[C@H](C)NC(=O)[C@H](C)NC(=O)[C@H](CCCN=C(N)N)NC(=O)[C@H](C)NC(=O)[C@@H](N)Cc1ccc(O)cc1)C(=O)O. The molecule has 0 unspecified atom stereocenters. The molecule has 1 aromatic carbocycles. The maximum absolute atomic E-state index is 14.2. The number of aliphatic carboxylic acids is 1. The Kier molecular flexibility index (Phi) is 29.5. The van der Waals surface area contributed by atoms with Crippen molar-refractivity contribution in [2.24, 2.45) is 55.1 Å². The van der Waals surface area contributed by atoms with E-state index < -0.39 is 132 Å². The van der Waals surface area contributed by atoms with Crippen molar-refractivity contribution in [1.29, 1.82) is 0 Å². The number of carboxylic acids is 1. The van der Waals surface area contributed by atoms with Crippen LogP contribution in [0.25, 0.3) is 0 Å². The summed E-state index contributed by atoms with van der Waals surface area (Å²) in [5.74, 6) is -9.72. The smallest absolute Gasteiger partial charge is 0.325 e. The average molecular weight is 1170 g/mol. The number of carboxylic acid groups (broad SMARTS) is 1. The van der Waals surface area contributed by atoms with E-state index in [-0.39, 0.29) is 101 Å². The Hall–Kier alpha value is -9.04. The van der Waals surface area contributed by atoms with E-state index in [2.05, 4.69) is 62.8 Å². The molecule has 2 rings (SSSR count). The lowest BCUT2D eigenvalue weighted by atomic mass is 10.1. The lowest BCUT2D eigenvalue weighted by Gasteiger charge is -2.30. The van der Waals surface area contributed by atoms with Gasteiger partial charge in [-0.15, -0.1) is 0 Å². The van der Waals surface area contributed by atoms with Crippen molar-refractivity contribution in [3.05, 3.63) is 29.8 Å². The number of carbonyl (C=O) groups is 11. The molecular weight excluding hydrogens is 1090 g/mol. The molecule has 1 aromatic rings. The number of benzene rings is 1. The predicted molar refractivity (Wildman–Crippen MR) is 303 cm³/mol. The molecule has 0 saturated carbocycles. The van der Waals surface area contributed by atoms with Crippen LogP contribution in [0.2, 0.25) is 0 Å². The minimum absolute atomic E-state index is 0.00669. The minimum Gasteiger partial charge on any atom is -0.508 e. The second-order valence-electron chi connectivity index (χ2n) is 19.9. The minimum atomic E-state index is -1.32. The summed E-state index contributed by atoms with van der Waals surface area (Å²) in [7, 11) is 0. The van der Waals surface area contributed by atoms with E-state index in [9.17, 15) is 63.0 Å². The molecule has 33 nitrogen and oxygen atoms in total. The normalized spacial score (nSPS) is 16.3. The molecule has 25 N–H and O–H groups in total. The molecule has 11 atom stereocenters. The fourth-order valence-corrected chi connectivity index (χ4v) is 8.00. The van der Waals surface area contributed by atoms with Crippen LogP contribution in [0, 0.1) is 0 Å². The molecule has 462 valence electrons. The number of aliphatic imine (C=N–C) groups is 3. The Morgan fingerprint density at radius 1 is 0.506 bits per heavy atom. The van der Waals surface area contributed by atoms with E-state index >= 15 is 0 Å². The number of aromatic hydroxyl groups is 1. The van der Waals surface area contributed by atoms with Crippen LogP contribution in [0.3, 0.4) is 0 Å². The summed E-state index contributed by atoms with van der Waals surface area (Å²) >= 11 is 0. The molecule has 0 bridgehead atoms. The van der Waals surface area contributed by atoms with Crippen LogP contribution in [0.5, 0.6) is 5.75 Å². The van der Waals surface area contributed by atoms with Crippen molar-refractivity contribution in [3.8, 4) is 5.75 Å². The Balaban J connectivity index is 2.12. The van der Waals surface area contributed by atoms with Gasteiger partial charge in [0.15, 0.2) is 17.9 Å². The van der Waals surface area contributed by atoms with Gasteiger partial charge in [-0.05, 0) is 117 Å². The molecule has 33 heteroatoms. The molecule has 83 heavy (non-hydrogen) atoms. The van der Waals surface area contributed by atoms with Crippen LogP contribution in [-0.4, -0.2) is 191 Å². The van der Waals surface area contributed by atoms with E-state index in [0.717, 1.165) is 0 Å². The highest BCUT2D eigenvalue weighted by Gasteiger charge is 2.39. The van der Waals surface area contributed by atoms with Gasteiger partial charge < -0.3 is 103 Å². The average Bonchev–Trinajstić information content (AvgIpc) is 3.95. The number of hydrogen-bond acceptors (Lipinski definition) is 16. The summed E-state index contributed by atoms with van der Waals surface area (Å²) in [5, 5.41) is 41.3. The van der Waals surface area contributed by atoms with Crippen molar-refractivity contribution in [2.75, 3.05) is 26.2 Å². The summed E-state index contributed by atoms with van der Waals surface area (Å²) in [6.07, 6.45) is 1.13. The van der Waals surface area contributed by atoms with Gasteiger partial charge in [0, 0.05) is 26.2 Å². The number of phenolic OH excluding ortho intramolecular Hbond substituents is 1. The van der Waals surface area contributed by atoms with E-state index in [1.807, 2.05) is 0 Å². The molecule has 1 saturated heterocycles. The van der Waals surface area contributed by atoms with Crippen LogP contribution in [0.1, 0.15) is 98.5 Å². The summed E-state index contributed by atoms with van der Waals surface area (Å²) in [6, 6.07) is -7.59. The van der Waals surface area contributed by atoms with Gasteiger partial charge in [-0.25, -0.2) is 0 Å². The number of nitrogens with one attached hydrogen (secondary N) is 9. The van der Waals surface area contributed by atoms with Crippen LogP contribution in [0.15, 0.2) is 39.2 Å². The second kappa shape index (κ2) is 35.0. The first kappa shape index (κ1) is 70.1. The van der Waals surface area contributed by atoms with Crippen molar-refractivity contribution in [1.82, 2.24) is 52.8 Å². The molecule has 1 heterocycles. The van der Waals surface area contributed by atoms with Crippen molar-refractivity contribution in [2.45, 2.75) is 166 Å². The zero-order chi connectivity index (χ0) is 62.7. The van der Waals surface area contributed by atoms with Crippen LogP contribution in [0.4, 0.5) is 0 Å². The fourth-order valence-electron chi connectivity index (χ4n) is 8.00. The third-order valence-electron chi connectivity index (χ3n) is 12.8. The second-order valence-corrected chi connectivity index (χ2v) is 19.9. The lowest BCUT2D eigenvalue weighted by molar-refractivity contribution is -0.142. The first-order valence-electron chi connectivity index (χ1n) is 26.9. The highest BCUT2D eigenvalue weighted by atomic mass is 16.4. The highest BCUT2D eigenvalue weighted by Crippen LogP contribution is 2.20. The molecule has 0 spiro atoms. The first-order valence-corrected chi connectivity index (χ1v) is 26.9. The number of carbonyl (C=O) groups excluding carboxylic acids is 10.